The zero-order valence-corrected chi connectivity index (χ0v) is 18.7. The Hall–Kier alpha value is -3.47. The first-order valence-corrected chi connectivity index (χ1v) is 10.6. The van der Waals surface area contributed by atoms with E-state index in [-0.39, 0.29) is 5.91 Å². The number of furan rings is 1. The summed E-state index contributed by atoms with van der Waals surface area (Å²) in [5.74, 6) is 2.31. The predicted octanol–water partition coefficient (Wildman–Crippen LogP) is 8.01. The topological polar surface area (TPSA) is 51.5 Å². The maximum Gasteiger partial charge on any atom is 0.248 e. The van der Waals surface area contributed by atoms with Gasteiger partial charge in [-0.15, -0.1) is 0 Å². The third kappa shape index (κ3) is 5.61. The highest BCUT2D eigenvalue weighted by Crippen LogP contribution is 2.27. The number of aryl methyl sites for hydroxylation is 1. The molecule has 0 aliphatic heterocycles. The van der Waals surface area contributed by atoms with Crippen LogP contribution in [-0.4, -0.2) is 5.91 Å². The third-order valence-corrected chi connectivity index (χ3v) is 5.31. The monoisotopic (exact) mass is 463 g/mol. The largest absolute Gasteiger partial charge is 0.457 e. The molecule has 4 rings (SSSR count). The van der Waals surface area contributed by atoms with Crippen molar-refractivity contribution in [1.82, 2.24) is 0 Å². The van der Waals surface area contributed by atoms with Crippen LogP contribution in [0.15, 0.2) is 89.4 Å². The van der Waals surface area contributed by atoms with Gasteiger partial charge in [0.15, 0.2) is 0 Å². The molecule has 0 unspecified atom stereocenters. The minimum Gasteiger partial charge on any atom is -0.457 e. The van der Waals surface area contributed by atoms with Gasteiger partial charge in [0.05, 0.1) is 0 Å². The summed E-state index contributed by atoms with van der Waals surface area (Å²) in [7, 11) is 0. The predicted molar refractivity (Wildman–Crippen MR) is 130 cm³/mol. The summed E-state index contributed by atoms with van der Waals surface area (Å²) in [6.45, 7) is 1.95. The maximum absolute atomic E-state index is 12.3. The minimum absolute atomic E-state index is 0.271. The molecule has 0 aliphatic carbocycles. The molecule has 0 saturated heterocycles. The van der Waals surface area contributed by atoms with Crippen LogP contribution in [0.5, 0.6) is 11.5 Å². The van der Waals surface area contributed by atoms with Crippen LogP contribution in [0.25, 0.3) is 17.4 Å². The lowest BCUT2D eigenvalue weighted by molar-refractivity contribution is -0.111. The molecule has 160 valence electrons. The van der Waals surface area contributed by atoms with Crippen LogP contribution in [0.3, 0.4) is 0 Å². The lowest BCUT2D eigenvalue weighted by atomic mass is 10.1. The number of hydrogen-bond donors (Lipinski definition) is 1. The molecule has 1 aromatic heterocycles. The van der Waals surface area contributed by atoms with E-state index in [9.17, 15) is 4.79 Å². The van der Waals surface area contributed by atoms with Crippen LogP contribution < -0.4 is 10.1 Å². The van der Waals surface area contributed by atoms with Gasteiger partial charge in [-0.1, -0.05) is 35.3 Å². The molecular formula is C26H19Cl2NO3. The number of carbonyl (C=O) groups excluding carboxylic acids is 1. The molecule has 1 N–H and O–H groups in total. The van der Waals surface area contributed by atoms with Crippen molar-refractivity contribution in [1.29, 1.82) is 0 Å². The van der Waals surface area contributed by atoms with Crippen molar-refractivity contribution in [2.75, 3.05) is 5.32 Å². The molecule has 1 amide bonds. The van der Waals surface area contributed by atoms with Crippen LogP contribution in [-0.2, 0) is 4.79 Å². The van der Waals surface area contributed by atoms with E-state index < -0.39 is 0 Å². The molecule has 32 heavy (non-hydrogen) atoms. The second kappa shape index (κ2) is 9.77. The summed E-state index contributed by atoms with van der Waals surface area (Å²) in [6, 6.07) is 23.6. The van der Waals surface area contributed by atoms with Crippen LogP contribution in [0.4, 0.5) is 5.69 Å². The van der Waals surface area contributed by atoms with E-state index >= 15 is 0 Å². The van der Waals surface area contributed by atoms with Crippen molar-refractivity contribution in [3.63, 3.8) is 0 Å². The van der Waals surface area contributed by atoms with Crippen molar-refractivity contribution in [2.24, 2.45) is 0 Å². The van der Waals surface area contributed by atoms with Crippen molar-refractivity contribution in [3.05, 3.63) is 106 Å². The van der Waals surface area contributed by atoms with Gasteiger partial charge in [-0.3, -0.25) is 4.79 Å². The minimum atomic E-state index is -0.271. The Bertz CT molecular complexity index is 1260. The summed E-state index contributed by atoms with van der Waals surface area (Å²) >= 11 is 12.1. The quantitative estimate of drug-likeness (QED) is 0.294. The highest BCUT2D eigenvalue weighted by molar-refractivity contribution is 6.31. The molecule has 4 nitrogen and oxygen atoms in total. The average molecular weight is 464 g/mol. The Labute approximate surface area is 196 Å². The molecule has 4 aromatic rings. The summed E-state index contributed by atoms with van der Waals surface area (Å²) in [5.41, 5.74) is 2.53. The zero-order chi connectivity index (χ0) is 22.5. The van der Waals surface area contributed by atoms with Crippen molar-refractivity contribution in [2.45, 2.75) is 6.92 Å². The number of nitrogens with one attached hydrogen (secondary N) is 1. The number of rotatable bonds is 6. The summed E-state index contributed by atoms with van der Waals surface area (Å²) < 4.78 is 11.5. The molecule has 0 bridgehead atoms. The normalized spacial score (nSPS) is 11.0. The fourth-order valence-electron chi connectivity index (χ4n) is 2.93. The SMILES string of the molecule is Cc1ccc(-c2ccc(/C=C/C(=O)Nc3ccc(Oc4ccc(Cl)cc4)cc3)o2)cc1Cl. The van der Waals surface area contributed by atoms with E-state index in [1.165, 1.54) is 6.08 Å². The van der Waals surface area contributed by atoms with Gasteiger partial charge in [0, 0.05) is 27.4 Å². The first kappa shape index (κ1) is 21.8. The van der Waals surface area contributed by atoms with E-state index in [2.05, 4.69) is 5.32 Å². The molecule has 0 spiro atoms. The molecule has 0 radical (unpaired) electrons. The van der Waals surface area contributed by atoms with Gasteiger partial charge in [0.25, 0.3) is 0 Å². The van der Waals surface area contributed by atoms with Crippen LogP contribution in [0.1, 0.15) is 11.3 Å². The van der Waals surface area contributed by atoms with E-state index in [4.69, 9.17) is 32.4 Å². The third-order valence-electron chi connectivity index (χ3n) is 4.65. The summed E-state index contributed by atoms with van der Waals surface area (Å²) in [4.78, 5) is 12.3. The molecule has 0 atom stereocenters. The van der Waals surface area contributed by atoms with Gasteiger partial charge in [-0.05, 0) is 85.3 Å². The van der Waals surface area contributed by atoms with E-state index in [1.54, 1.807) is 60.7 Å². The Kier molecular flexibility index (Phi) is 6.64. The number of hydrogen-bond acceptors (Lipinski definition) is 3. The Morgan fingerprint density at radius 1 is 0.906 bits per heavy atom. The van der Waals surface area contributed by atoms with Crippen molar-refractivity contribution in [3.8, 4) is 22.8 Å². The molecule has 6 heteroatoms. The van der Waals surface area contributed by atoms with Crippen LogP contribution in [0, 0.1) is 6.92 Å². The van der Waals surface area contributed by atoms with E-state index in [0.29, 0.717) is 38.8 Å². The fourth-order valence-corrected chi connectivity index (χ4v) is 3.24. The standard InChI is InChI=1S/C26H19Cl2NO3/c1-17-2-3-18(16-24(17)28)25-14-12-23(32-25)13-15-26(30)29-20-6-10-22(11-7-20)31-21-8-4-19(27)5-9-21/h2-16H,1H3,(H,29,30)/b15-13+. The number of carbonyl (C=O) groups is 1. The van der Waals surface area contributed by atoms with Crippen molar-refractivity contribution >= 4 is 40.9 Å². The zero-order valence-electron chi connectivity index (χ0n) is 17.1. The smallest absolute Gasteiger partial charge is 0.248 e. The Morgan fingerprint density at radius 2 is 1.59 bits per heavy atom. The molecule has 0 aliphatic rings. The lowest BCUT2D eigenvalue weighted by Gasteiger charge is -2.07. The molecule has 3 aromatic carbocycles. The van der Waals surface area contributed by atoms with Gasteiger partial charge in [0.2, 0.25) is 5.91 Å². The fraction of sp³-hybridized carbons (Fsp3) is 0.0385. The van der Waals surface area contributed by atoms with Gasteiger partial charge in [-0.2, -0.15) is 0 Å². The Morgan fingerprint density at radius 3 is 2.28 bits per heavy atom. The first-order chi connectivity index (χ1) is 15.5. The molecule has 0 saturated carbocycles. The van der Waals surface area contributed by atoms with Gasteiger partial charge in [-0.25, -0.2) is 0 Å². The second-order valence-electron chi connectivity index (χ2n) is 7.07. The number of benzene rings is 3. The van der Waals surface area contributed by atoms with Crippen LogP contribution in [0.2, 0.25) is 10.0 Å². The maximum atomic E-state index is 12.3. The van der Waals surface area contributed by atoms with Gasteiger partial charge in [0.1, 0.15) is 23.0 Å². The lowest BCUT2D eigenvalue weighted by Crippen LogP contribution is -2.07. The van der Waals surface area contributed by atoms with Gasteiger partial charge >= 0.3 is 0 Å². The highest BCUT2D eigenvalue weighted by Gasteiger charge is 2.06. The number of amides is 1. The van der Waals surface area contributed by atoms with Crippen LogP contribution >= 0.6 is 23.2 Å². The summed E-state index contributed by atoms with van der Waals surface area (Å²) in [6.07, 6.45) is 3.04. The van der Waals surface area contributed by atoms with Gasteiger partial charge < -0.3 is 14.5 Å². The highest BCUT2D eigenvalue weighted by atomic mass is 35.5. The number of ether oxygens (including phenoxy) is 1. The van der Waals surface area contributed by atoms with E-state index in [0.717, 1.165) is 11.1 Å². The molecular weight excluding hydrogens is 445 g/mol. The second-order valence-corrected chi connectivity index (χ2v) is 7.91. The first-order valence-electron chi connectivity index (χ1n) is 9.85. The summed E-state index contributed by atoms with van der Waals surface area (Å²) in [5, 5.41) is 4.13. The van der Waals surface area contributed by atoms with Crippen molar-refractivity contribution < 1.29 is 13.9 Å². The number of anilines is 1. The molecule has 0 fully saturated rings. The average Bonchev–Trinajstić information content (AvgIpc) is 3.26. The number of halogens is 2. The molecule has 1 heterocycles. The Balaban J connectivity index is 1.34. The van der Waals surface area contributed by atoms with E-state index in [1.807, 2.05) is 31.2 Å².